The first-order valence-corrected chi connectivity index (χ1v) is 8.76. The number of ether oxygens (including phenoxy) is 1. The van der Waals surface area contributed by atoms with E-state index in [1.807, 2.05) is 30.3 Å². The van der Waals surface area contributed by atoms with Crippen LogP contribution >= 0.6 is 0 Å². The number of piperazine rings is 1. The molecule has 1 fully saturated rings. The van der Waals surface area contributed by atoms with E-state index in [4.69, 9.17) is 4.74 Å². The van der Waals surface area contributed by atoms with E-state index in [0.717, 1.165) is 30.0 Å². The summed E-state index contributed by atoms with van der Waals surface area (Å²) in [7, 11) is 1.62. The molecule has 0 spiro atoms. The van der Waals surface area contributed by atoms with E-state index in [2.05, 4.69) is 15.5 Å². The van der Waals surface area contributed by atoms with Crippen LogP contribution in [0.15, 0.2) is 48.5 Å². The minimum atomic E-state index is -0.256. The smallest absolute Gasteiger partial charge is 0.234 e. The molecule has 138 valence electrons. The molecule has 1 heterocycles. The number of nitrogens with one attached hydrogen (secondary N) is 2. The van der Waals surface area contributed by atoms with Gasteiger partial charge in [0.2, 0.25) is 5.91 Å². The van der Waals surface area contributed by atoms with Crippen molar-refractivity contribution in [2.45, 2.75) is 12.6 Å². The van der Waals surface area contributed by atoms with Crippen LogP contribution in [0.2, 0.25) is 0 Å². The third kappa shape index (κ3) is 4.59. The second kappa shape index (κ2) is 8.78. The average molecular weight is 357 g/mol. The molecule has 2 N–H and O–H groups in total. The molecule has 1 amide bonds. The lowest BCUT2D eigenvalue weighted by Gasteiger charge is -2.36. The Labute approximate surface area is 153 Å². The molecule has 2 aromatic carbocycles. The van der Waals surface area contributed by atoms with Gasteiger partial charge in [0.25, 0.3) is 0 Å². The van der Waals surface area contributed by atoms with Crippen LogP contribution < -0.4 is 15.4 Å². The number of hydrogen-bond donors (Lipinski definition) is 2. The van der Waals surface area contributed by atoms with Crippen molar-refractivity contribution in [1.29, 1.82) is 0 Å². The number of halogens is 1. The Kier molecular flexibility index (Phi) is 6.20. The first-order valence-electron chi connectivity index (χ1n) is 8.76. The molecule has 0 saturated carbocycles. The van der Waals surface area contributed by atoms with Crippen LogP contribution in [0.1, 0.15) is 17.2 Å². The number of nitrogens with zero attached hydrogens (tertiary/aromatic N) is 1. The zero-order chi connectivity index (χ0) is 18.4. The molecule has 1 atom stereocenters. The van der Waals surface area contributed by atoms with Gasteiger partial charge in [0.1, 0.15) is 11.6 Å². The highest BCUT2D eigenvalue weighted by Gasteiger charge is 2.25. The van der Waals surface area contributed by atoms with E-state index in [-0.39, 0.29) is 24.3 Å². The molecule has 1 aliphatic rings. The van der Waals surface area contributed by atoms with Crippen molar-refractivity contribution in [2.24, 2.45) is 0 Å². The van der Waals surface area contributed by atoms with Crippen molar-refractivity contribution in [1.82, 2.24) is 15.5 Å². The second-order valence-electron chi connectivity index (χ2n) is 6.33. The third-order valence-corrected chi connectivity index (χ3v) is 4.60. The Morgan fingerprint density at radius 1 is 1.31 bits per heavy atom. The molecule has 2 aromatic rings. The van der Waals surface area contributed by atoms with Gasteiger partial charge in [0.15, 0.2) is 0 Å². The Balaban J connectivity index is 1.61. The Morgan fingerprint density at radius 2 is 2.15 bits per heavy atom. The summed E-state index contributed by atoms with van der Waals surface area (Å²) in [6.07, 6.45) is 0. The molecule has 26 heavy (non-hydrogen) atoms. The van der Waals surface area contributed by atoms with Crippen molar-refractivity contribution in [3.8, 4) is 5.75 Å². The minimum absolute atomic E-state index is 0.0172. The van der Waals surface area contributed by atoms with E-state index in [1.54, 1.807) is 13.2 Å². The standard InChI is InChI=1S/C20H24FN3O2/c1-26-19-8-3-2-5-16(19)12-23-20(25)14-24-10-9-22-13-18(24)15-6-4-7-17(21)11-15/h2-8,11,18,22H,9-10,12-14H2,1H3,(H,23,25). The van der Waals surface area contributed by atoms with Crippen LogP contribution in [-0.2, 0) is 11.3 Å². The summed E-state index contributed by atoms with van der Waals surface area (Å²) >= 11 is 0. The van der Waals surface area contributed by atoms with Gasteiger partial charge in [-0.05, 0) is 23.8 Å². The van der Waals surface area contributed by atoms with Crippen LogP contribution in [0.3, 0.4) is 0 Å². The number of para-hydroxylation sites is 1. The number of benzene rings is 2. The van der Waals surface area contributed by atoms with Crippen molar-refractivity contribution < 1.29 is 13.9 Å². The van der Waals surface area contributed by atoms with Gasteiger partial charge >= 0.3 is 0 Å². The first kappa shape index (κ1) is 18.4. The van der Waals surface area contributed by atoms with E-state index < -0.39 is 0 Å². The summed E-state index contributed by atoms with van der Waals surface area (Å²) in [5.41, 5.74) is 1.82. The van der Waals surface area contributed by atoms with E-state index in [0.29, 0.717) is 13.1 Å². The average Bonchev–Trinajstić information content (AvgIpc) is 2.67. The topological polar surface area (TPSA) is 53.6 Å². The number of hydrogen-bond acceptors (Lipinski definition) is 4. The van der Waals surface area contributed by atoms with Crippen LogP contribution in [0, 0.1) is 5.82 Å². The fourth-order valence-electron chi connectivity index (χ4n) is 3.26. The summed E-state index contributed by atoms with van der Waals surface area (Å²) in [5, 5.41) is 6.27. The highest BCUT2D eigenvalue weighted by molar-refractivity contribution is 5.78. The molecular weight excluding hydrogens is 333 g/mol. The monoisotopic (exact) mass is 357 g/mol. The van der Waals surface area contributed by atoms with Gasteiger partial charge in [0.05, 0.1) is 13.7 Å². The van der Waals surface area contributed by atoms with Crippen LogP contribution in [0.5, 0.6) is 5.75 Å². The number of carbonyl (C=O) groups excluding carboxylic acids is 1. The molecule has 5 nitrogen and oxygen atoms in total. The van der Waals surface area contributed by atoms with Gasteiger partial charge in [0, 0.05) is 37.8 Å². The highest BCUT2D eigenvalue weighted by Crippen LogP contribution is 2.22. The van der Waals surface area contributed by atoms with Crippen LogP contribution in [0.25, 0.3) is 0 Å². The van der Waals surface area contributed by atoms with Gasteiger partial charge in [-0.25, -0.2) is 4.39 Å². The van der Waals surface area contributed by atoms with Gasteiger partial charge in [-0.2, -0.15) is 0 Å². The van der Waals surface area contributed by atoms with E-state index >= 15 is 0 Å². The predicted molar refractivity (Wildman–Crippen MR) is 98.4 cm³/mol. The fourth-order valence-corrected chi connectivity index (χ4v) is 3.26. The van der Waals surface area contributed by atoms with Crippen LogP contribution in [-0.4, -0.2) is 44.1 Å². The maximum Gasteiger partial charge on any atom is 0.234 e. The number of methoxy groups -OCH3 is 1. The summed E-state index contributed by atoms with van der Waals surface area (Å²) < 4.78 is 18.9. The van der Waals surface area contributed by atoms with Gasteiger partial charge < -0.3 is 15.4 Å². The fraction of sp³-hybridized carbons (Fsp3) is 0.350. The first-order chi connectivity index (χ1) is 12.7. The van der Waals surface area contributed by atoms with Crippen LogP contribution in [0.4, 0.5) is 4.39 Å². The maximum atomic E-state index is 13.6. The zero-order valence-electron chi connectivity index (χ0n) is 14.9. The largest absolute Gasteiger partial charge is 0.496 e. The minimum Gasteiger partial charge on any atom is -0.496 e. The van der Waals surface area contributed by atoms with E-state index in [9.17, 15) is 9.18 Å². The zero-order valence-corrected chi connectivity index (χ0v) is 14.9. The molecule has 1 saturated heterocycles. The molecule has 1 unspecified atom stereocenters. The van der Waals surface area contributed by atoms with Crippen molar-refractivity contribution in [3.05, 3.63) is 65.5 Å². The van der Waals surface area contributed by atoms with Gasteiger partial charge in [-0.15, -0.1) is 0 Å². The molecule has 1 aliphatic heterocycles. The molecule has 0 aliphatic carbocycles. The summed E-state index contributed by atoms with van der Waals surface area (Å²) in [4.78, 5) is 14.5. The lowest BCUT2D eigenvalue weighted by Crippen LogP contribution is -2.49. The number of rotatable bonds is 6. The van der Waals surface area contributed by atoms with E-state index in [1.165, 1.54) is 12.1 Å². The molecule has 0 bridgehead atoms. The van der Waals surface area contributed by atoms with Crippen molar-refractivity contribution >= 4 is 5.91 Å². The quantitative estimate of drug-likeness (QED) is 0.831. The molecule has 0 aromatic heterocycles. The summed E-state index contributed by atoms with van der Waals surface area (Å²) in [6, 6.07) is 14.2. The Morgan fingerprint density at radius 3 is 2.96 bits per heavy atom. The Hall–Kier alpha value is -2.44. The molecule has 0 radical (unpaired) electrons. The maximum absolute atomic E-state index is 13.6. The normalized spacial score (nSPS) is 17.7. The summed E-state index contributed by atoms with van der Waals surface area (Å²) in [6.45, 7) is 2.94. The lowest BCUT2D eigenvalue weighted by molar-refractivity contribution is -0.123. The SMILES string of the molecule is COc1ccccc1CNC(=O)CN1CCNCC1c1cccc(F)c1. The lowest BCUT2D eigenvalue weighted by atomic mass is 10.0. The van der Waals surface area contributed by atoms with Gasteiger partial charge in [-0.3, -0.25) is 9.69 Å². The summed E-state index contributed by atoms with van der Waals surface area (Å²) in [5.74, 6) is 0.445. The molecule has 3 rings (SSSR count). The number of amides is 1. The van der Waals surface area contributed by atoms with Crippen molar-refractivity contribution in [3.63, 3.8) is 0 Å². The third-order valence-electron chi connectivity index (χ3n) is 4.60. The van der Waals surface area contributed by atoms with Crippen molar-refractivity contribution in [2.75, 3.05) is 33.3 Å². The molecule has 6 heteroatoms. The number of carbonyl (C=O) groups is 1. The predicted octanol–water partition coefficient (Wildman–Crippen LogP) is 2.10. The molecular formula is C20H24FN3O2. The second-order valence-corrected chi connectivity index (χ2v) is 6.33. The van der Waals surface area contributed by atoms with Gasteiger partial charge in [-0.1, -0.05) is 30.3 Å². The Bertz CT molecular complexity index is 753. The highest BCUT2D eigenvalue weighted by atomic mass is 19.1.